The van der Waals surface area contributed by atoms with Crippen LogP contribution in [0.3, 0.4) is 0 Å². The number of hydrogen-bond acceptors (Lipinski definition) is 3. The van der Waals surface area contributed by atoms with Crippen molar-refractivity contribution in [2.75, 3.05) is 34.2 Å². The molecule has 2 amide bonds. The van der Waals surface area contributed by atoms with Gasteiger partial charge in [-0.05, 0) is 20.0 Å². The van der Waals surface area contributed by atoms with E-state index in [1.807, 2.05) is 32.8 Å². The number of carboxylic acids is 1. The molecule has 1 atom stereocenters. The highest BCUT2D eigenvalue weighted by atomic mass is 16.4. The summed E-state index contributed by atoms with van der Waals surface area (Å²) in [6, 6.07) is -0.170. The van der Waals surface area contributed by atoms with Gasteiger partial charge in [0, 0.05) is 26.2 Å². The maximum absolute atomic E-state index is 11.9. The molecule has 0 aromatic heterocycles. The Labute approximate surface area is 109 Å². The molecule has 0 bridgehead atoms. The van der Waals surface area contributed by atoms with Gasteiger partial charge in [-0.2, -0.15) is 0 Å². The minimum absolute atomic E-state index is 0.0378. The lowest BCUT2D eigenvalue weighted by molar-refractivity contribution is -0.137. The van der Waals surface area contributed by atoms with Gasteiger partial charge in [0.25, 0.3) is 0 Å². The highest BCUT2D eigenvalue weighted by Crippen LogP contribution is 2.03. The Morgan fingerprint density at radius 2 is 1.78 bits per heavy atom. The molecular weight excluding hydrogens is 234 g/mol. The van der Waals surface area contributed by atoms with Crippen molar-refractivity contribution in [2.24, 2.45) is 5.92 Å². The third-order valence-corrected chi connectivity index (χ3v) is 2.68. The molecule has 0 heterocycles. The Balaban J connectivity index is 4.27. The van der Waals surface area contributed by atoms with E-state index in [-0.39, 0.29) is 25.0 Å². The molecule has 0 saturated carbocycles. The number of nitrogens with zero attached hydrogens (tertiary/aromatic N) is 2. The molecule has 0 rings (SSSR count). The highest BCUT2D eigenvalue weighted by molar-refractivity contribution is 5.75. The number of rotatable bonds is 7. The number of carbonyl (C=O) groups is 2. The van der Waals surface area contributed by atoms with Crippen LogP contribution in [-0.2, 0) is 4.79 Å². The monoisotopic (exact) mass is 259 g/mol. The van der Waals surface area contributed by atoms with Crippen LogP contribution in [0.25, 0.3) is 0 Å². The molecule has 0 spiro atoms. The number of carboxylic acid groups (broad SMARTS) is 1. The number of amides is 2. The summed E-state index contributed by atoms with van der Waals surface area (Å²) in [7, 11) is 5.51. The van der Waals surface area contributed by atoms with Gasteiger partial charge >= 0.3 is 12.0 Å². The number of aliphatic carboxylic acids is 1. The second-order valence-corrected chi connectivity index (χ2v) is 5.13. The van der Waals surface area contributed by atoms with Crippen molar-refractivity contribution in [3.05, 3.63) is 0 Å². The smallest absolute Gasteiger partial charge is 0.317 e. The Bertz CT molecular complexity index is 280. The molecule has 0 aromatic rings. The van der Waals surface area contributed by atoms with Crippen LogP contribution in [0.1, 0.15) is 20.3 Å². The van der Waals surface area contributed by atoms with Crippen LogP contribution in [-0.4, -0.2) is 67.2 Å². The van der Waals surface area contributed by atoms with Gasteiger partial charge in [0.2, 0.25) is 0 Å². The summed E-state index contributed by atoms with van der Waals surface area (Å²) in [4.78, 5) is 25.7. The SMILES string of the molecule is CC(C)C(CN(C)C)NC(=O)N(C)CCC(=O)O. The molecule has 0 aliphatic heterocycles. The normalized spacial score (nSPS) is 12.6. The molecular formula is C12H25N3O3. The first kappa shape index (κ1) is 16.7. The zero-order valence-corrected chi connectivity index (χ0v) is 11.9. The van der Waals surface area contributed by atoms with Crippen LogP contribution in [0.15, 0.2) is 0 Å². The van der Waals surface area contributed by atoms with Crippen LogP contribution in [0, 0.1) is 5.92 Å². The van der Waals surface area contributed by atoms with E-state index in [0.717, 1.165) is 6.54 Å². The Morgan fingerprint density at radius 3 is 2.17 bits per heavy atom. The number of carbonyl (C=O) groups excluding carboxylic acids is 1. The maximum atomic E-state index is 11.9. The second kappa shape index (κ2) is 7.92. The van der Waals surface area contributed by atoms with Gasteiger partial charge in [-0.1, -0.05) is 13.8 Å². The first-order valence-electron chi connectivity index (χ1n) is 6.12. The predicted octanol–water partition coefficient (Wildman–Crippen LogP) is 0.689. The summed E-state index contributed by atoms with van der Waals surface area (Å²) in [5, 5.41) is 11.5. The van der Waals surface area contributed by atoms with Crippen LogP contribution < -0.4 is 5.32 Å². The maximum Gasteiger partial charge on any atom is 0.317 e. The second-order valence-electron chi connectivity index (χ2n) is 5.13. The fourth-order valence-electron chi connectivity index (χ4n) is 1.45. The standard InChI is InChI=1S/C12H25N3O3/c1-9(2)10(8-14(3)4)13-12(18)15(5)7-6-11(16)17/h9-10H,6-8H2,1-5H3,(H,13,18)(H,16,17). The summed E-state index contributed by atoms with van der Waals surface area (Å²) >= 11 is 0. The average molecular weight is 259 g/mol. The van der Waals surface area contributed by atoms with E-state index >= 15 is 0 Å². The quantitative estimate of drug-likeness (QED) is 0.705. The molecule has 6 nitrogen and oxygen atoms in total. The first-order chi connectivity index (χ1) is 8.23. The lowest BCUT2D eigenvalue weighted by atomic mass is 10.0. The van der Waals surface area contributed by atoms with Gasteiger partial charge in [0.1, 0.15) is 0 Å². The van der Waals surface area contributed by atoms with Gasteiger partial charge in [-0.15, -0.1) is 0 Å². The fraction of sp³-hybridized carbons (Fsp3) is 0.833. The van der Waals surface area contributed by atoms with E-state index in [1.54, 1.807) is 7.05 Å². The molecule has 0 aromatic carbocycles. The highest BCUT2D eigenvalue weighted by Gasteiger charge is 2.19. The van der Waals surface area contributed by atoms with E-state index in [2.05, 4.69) is 5.32 Å². The first-order valence-corrected chi connectivity index (χ1v) is 6.12. The molecule has 18 heavy (non-hydrogen) atoms. The van der Waals surface area contributed by atoms with Gasteiger partial charge in [-0.3, -0.25) is 4.79 Å². The van der Waals surface area contributed by atoms with Crippen LogP contribution in [0.4, 0.5) is 4.79 Å². The number of hydrogen-bond donors (Lipinski definition) is 2. The molecule has 0 aliphatic carbocycles. The van der Waals surface area contributed by atoms with E-state index in [1.165, 1.54) is 4.90 Å². The topological polar surface area (TPSA) is 72.9 Å². The fourth-order valence-corrected chi connectivity index (χ4v) is 1.45. The van der Waals surface area contributed by atoms with Crippen molar-refractivity contribution < 1.29 is 14.7 Å². The third-order valence-electron chi connectivity index (χ3n) is 2.68. The molecule has 6 heteroatoms. The molecule has 0 aliphatic rings. The summed E-state index contributed by atoms with van der Waals surface area (Å²) in [5.74, 6) is -0.576. The van der Waals surface area contributed by atoms with Gasteiger partial charge < -0.3 is 20.2 Å². The third kappa shape index (κ3) is 7.11. The molecule has 2 N–H and O–H groups in total. The summed E-state index contributed by atoms with van der Waals surface area (Å²) in [6.07, 6.45) is -0.0378. The molecule has 0 fully saturated rings. The van der Waals surface area contributed by atoms with Crippen LogP contribution in [0.5, 0.6) is 0 Å². The number of urea groups is 1. The van der Waals surface area contributed by atoms with E-state index < -0.39 is 5.97 Å². The summed E-state index contributed by atoms with van der Waals surface area (Å²) in [5.41, 5.74) is 0. The van der Waals surface area contributed by atoms with Crippen molar-refractivity contribution in [3.63, 3.8) is 0 Å². The van der Waals surface area contributed by atoms with E-state index in [4.69, 9.17) is 5.11 Å². The van der Waals surface area contributed by atoms with Gasteiger partial charge in [0.15, 0.2) is 0 Å². The number of likely N-dealkylation sites (N-methyl/N-ethyl adjacent to an activating group) is 1. The Kier molecular flexibility index (Phi) is 7.35. The summed E-state index contributed by atoms with van der Waals surface area (Å²) in [6.45, 7) is 5.07. The van der Waals surface area contributed by atoms with Gasteiger partial charge in [0.05, 0.1) is 6.42 Å². The zero-order chi connectivity index (χ0) is 14.3. The molecule has 106 valence electrons. The van der Waals surface area contributed by atoms with Crippen molar-refractivity contribution in [1.82, 2.24) is 15.1 Å². The average Bonchev–Trinajstić information content (AvgIpc) is 2.23. The minimum Gasteiger partial charge on any atom is -0.481 e. The van der Waals surface area contributed by atoms with Crippen LogP contribution >= 0.6 is 0 Å². The largest absolute Gasteiger partial charge is 0.481 e. The van der Waals surface area contributed by atoms with Crippen molar-refractivity contribution in [3.8, 4) is 0 Å². The Hall–Kier alpha value is -1.30. The zero-order valence-electron chi connectivity index (χ0n) is 11.9. The van der Waals surface area contributed by atoms with E-state index in [0.29, 0.717) is 5.92 Å². The summed E-state index contributed by atoms with van der Waals surface area (Å²) < 4.78 is 0. The van der Waals surface area contributed by atoms with Crippen LogP contribution in [0.2, 0.25) is 0 Å². The number of nitrogens with one attached hydrogen (secondary N) is 1. The Morgan fingerprint density at radius 1 is 1.22 bits per heavy atom. The predicted molar refractivity (Wildman–Crippen MR) is 70.6 cm³/mol. The molecule has 1 unspecified atom stereocenters. The minimum atomic E-state index is -0.900. The lowest BCUT2D eigenvalue weighted by Gasteiger charge is -2.28. The van der Waals surface area contributed by atoms with Crippen molar-refractivity contribution in [1.29, 1.82) is 0 Å². The van der Waals surface area contributed by atoms with Crippen molar-refractivity contribution >= 4 is 12.0 Å². The lowest BCUT2D eigenvalue weighted by Crippen LogP contribution is -2.49. The van der Waals surface area contributed by atoms with Crippen molar-refractivity contribution in [2.45, 2.75) is 26.3 Å². The molecule has 0 radical (unpaired) electrons. The molecule has 0 saturated heterocycles. The van der Waals surface area contributed by atoms with Gasteiger partial charge in [-0.25, -0.2) is 4.79 Å². The van der Waals surface area contributed by atoms with E-state index in [9.17, 15) is 9.59 Å².